The number of amides is 1. The Balaban J connectivity index is 1.59. The first kappa shape index (κ1) is 30.3. The first-order chi connectivity index (χ1) is 20.6. The van der Waals surface area contributed by atoms with Crippen LogP contribution in [0.25, 0.3) is 5.76 Å². The fourth-order valence-electron chi connectivity index (χ4n) is 4.78. The molecule has 1 aliphatic heterocycles. The summed E-state index contributed by atoms with van der Waals surface area (Å²) in [4.78, 5) is 45.5. The number of carbonyl (C=O) groups is 3. The molecule has 1 aliphatic rings. The lowest BCUT2D eigenvalue weighted by Gasteiger charge is -2.23. The predicted octanol–water partition coefficient (Wildman–Crippen LogP) is 7.45. The Kier molecular flexibility index (Phi) is 8.87. The highest BCUT2D eigenvalue weighted by atomic mass is 35.5. The van der Waals surface area contributed by atoms with Crippen molar-refractivity contribution in [3.8, 4) is 5.75 Å². The number of anilines is 1. The molecule has 1 saturated heterocycles. The van der Waals surface area contributed by atoms with Gasteiger partial charge in [0.15, 0.2) is 5.13 Å². The van der Waals surface area contributed by atoms with Gasteiger partial charge >= 0.3 is 11.9 Å². The topological polar surface area (TPSA) is 106 Å². The van der Waals surface area contributed by atoms with E-state index in [0.29, 0.717) is 34.7 Å². The summed E-state index contributed by atoms with van der Waals surface area (Å²) in [5, 5.41) is 12.2. The zero-order chi connectivity index (χ0) is 30.8. The third-order valence-corrected chi connectivity index (χ3v) is 8.73. The van der Waals surface area contributed by atoms with E-state index in [9.17, 15) is 19.5 Å². The van der Waals surface area contributed by atoms with Crippen LogP contribution in [0.5, 0.6) is 5.75 Å². The van der Waals surface area contributed by atoms with Gasteiger partial charge in [-0.15, -0.1) is 0 Å². The largest absolute Gasteiger partial charge is 0.507 e. The molecule has 0 aliphatic carbocycles. The fraction of sp³-hybridized carbons (Fsp3) is 0.188. The van der Waals surface area contributed by atoms with Crippen LogP contribution in [0, 0.1) is 13.8 Å². The van der Waals surface area contributed by atoms with Crippen molar-refractivity contribution in [1.82, 2.24) is 4.98 Å². The Hall–Kier alpha value is -4.18. The number of ether oxygens (including phenoxy) is 2. The molecule has 0 spiro atoms. The minimum Gasteiger partial charge on any atom is -0.507 e. The van der Waals surface area contributed by atoms with E-state index in [1.165, 1.54) is 11.0 Å². The number of hydrogen-bond acceptors (Lipinski definition) is 8. The molecular weight excluding hydrogens is 611 g/mol. The summed E-state index contributed by atoms with van der Waals surface area (Å²) in [7, 11) is 0. The van der Waals surface area contributed by atoms with Crippen LogP contribution in [0.3, 0.4) is 0 Å². The van der Waals surface area contributed by atoms with Crippen molar-refractivity contribution >= 4 is 63.1 Å². The number of hydrogen-bond donors (Lipinski definition) is 1. The molecule has 1 amide bonds. The number of carbonyl (C=O) groups excluding carboxylic acids is 3. The van der Waals surface area contributed by atoms with Gasteiger partial charge in [0.2, 0.25) is 0 Å². The summed E-state index contributed by atoms with van der Waals surface area (Å²) in [6.45, 7) is 5.58. The lowest BCUT2D eigenvalue weighted by molar-refractivity contribution is -0.132. The molecular formula is C32H26Cl2N2O6S. The molecule has 3 aromatic carbocycles. The second kappa shape index (κ2) is 12.6. The maximum Gasteiger partial charge on any atom is 0.350 e. The van der Waals surface area contributed by atoms with Crippen LogP contribution in [0.1, 0.15) is 50.6 Å². The molecule has 5 rings (SSSR count). The Morgan fingerprint density at radius 1 is 1.02 bits per heavy atom. The molecule has 11 heteroatoms. The van der Waals surface area contributed by atoms with Gasteiger partial charge in [-0.25, -0.2) is 9.78 Å². The van der Waals surface area contributed by atoms with Crippen LogP contribution in [0.4, 0.5) is 5.13 Å². The number of nitrogens with zero attached hydrogens (tertiary/aromatic N) is 2. The van der Waals surface area contributed by atoms with Gasteiger partial charge in [0.05, 0.1) is 34.0 Å². The van der Waals surface area contributed by atoms with Gasteiger partial charge in [-0.05, 0) is 67.8 Å². The highest BCUT2D eigenvalue weighted by molar-refractivity contribution is 7.17. The predicted molar refractivity (Wildman–Crippen MR) is 166 cm³/mol. The molecule has 0 radical (unpaired) electrons. The van der Waals surface area contributed by atoms with Gasteiger partial charge in [-0.2, -0.15) is 0 Å². The minimum absolute atomic E-state index is 0.0964. The monoisotopic (exact) mass is 636 g/mol. The van der Waals surface area contributed by atoms with Gasteiger partial charge in [0, 0.05) is 5.56 Å². The zero-order valence-corrected chi connectivity index (χ0v) is 25.7. The number of thiazole rings is 1. The molecule has 2 heterocycles. The zero-order valence-electron chi connectivity index (χ0n) is 23.4. The third-order valence-electron chi connectivity index (χ3n) is 6.86. The maximum absolute atomic E-state index is 13.6. The van der Waals surface area contributed by atoms with Crippen LogP contribution >= 0.6 is 34.5 Å². The Bertz CT molecular complexity index is 1770. The average molecular weight is 638 g/mol. The van der Waals surface area contributed by atoms with Crippen LogP contribution in [0.2, 0.25) is 10.0 Å². The number of benzene rings is 3. The van der Waals surface area contributed by atoms with Crippen LogP contribution in [0.15, 0.2) is 72.3 Å². The first-order valence-electron chi connectivity index (χ1n) is 13.3. The number of aromatic nitrogens is 1. The molecule has 4 aromatic rings. The van der Waals surface area contributed by atoms with E-state index in [2.05, 4.69) is 4.98 Å². The standard InChI is InChI=1S/C32H26Cl2N2O6S/c1-4-41-31(40)29-18(3)35-32(43-29)36-26(20-10-13-23(33)24(34)15-20)25(28(38)30(36)39)27(37)22-12-11-21(14-17(22)2)42-16-19-8-6-5-7-9-19/h5-15,26,37H,4,16H2,1-3H3/t26-/m0/s1. The molecule has 0 bridgehead atoms. The highest BCUT2D eigenvalue weighted by Crippen LogP contribution is 2.45. The third kappa shape index (κ3) is 6.01. The van der Waals surface area contributed by atoms with Gasteiger partial charge in [-0.1, -0.05) is 70.9 Å². The van der Waals surface area contributed by atoms with Gasteiger partial charge in [0.25, 0.3) is 5.78 Å². The molecule has 0 unspecified atom stereocenters. The summed E-state index contributed by atoms with van der Waals surface area (Å²) in [5.41, 5.74) is 2.57. The smallest absolute Gasteiger partial charge is 0.350 e. The van der Waals surface area contributed by atoms with Crippen LogP contribution < -0.4 is 9.64 Å². The van der Waals surface area contributed by atoms with E-state index in [4.69, 9.17) is 32.7 Å². The van der Waals surface area contributed by atoms with Crippen molar-refractivity contribution in [2.75, 3.05) is 11.5 Å². The Morgan fingerprint density at radius 3 is 2.44 bits per heavy atom. The molecule has 1 N–H and O–H groups in total. The minimum atomic E-state index is -1.11. The highest BCUT2D eigenvalue weighted by Gasteiger charge is 2.48. The molecule has 8 nitrogen and oxygen atoms in total. The second-order valence-corrected chi connectivity index (χ2v) is 11.5. The van der Waals surface area contributed by atoms with Crippen molar-refractivity contribution in [1.29, 1.82) is 0 Å². The average Bonchev–Trinajstić information content (AvgIpc) is 3.50. The van der Waals surface area contributed by atoms with Crippen LogP contribution in [-0.2, 0) is 20.9 Å². The van der Waals surface area contributed by atoms with E-state index in [0.717, 1.165) is 16.9 Å². The van der Waals surface area contributed by atoms with Crippen LogP contribution in [-0.4, -0.2) is 34.4 Å². The van der Waals surface area contributed by atoms with Crippen molar-refractivity contribution in [2.45, 2.75) is 33.4 Å². The molecule has 1 fully saturated rings. The quantitative estimate of drug-likeness (QED) is 0.0926. The number of aryl methyl sites for hydroxylation is 2. The number of halogens is 2. The van der Waals surface area contributed by atoms with Crippen molar-refractivity contribution in [3.63, 3.8) is 0 Å². The fourth-order valence-corrected chi connectivity index (χ4v) is 6.07. The maximum atomic E-state index is 13.6. The summed E-state index contributed by atoms with van der Waals surface area (Å²) >= 11 is 13.4. The van der Waals surface area contributed by atoms with Gasteiger partial charge < -0.3 is 14.6 Å². The van der Waals surface area contributed by atoms with E-state index >= 15 is 0 Å². The summed E-state index contributed by atoms with van der Waals surface area (Å²) < 4.78 is 11.0. The first-order valence-corrected chi connectivity index (χ1v) is 14.9. The normalized spacial score (nSPS) is 16.0. The number of ketones is 1. The van der Waals surface area contributed by atoms with E-state index < -0.39 is 23.7 Å². The molecule has 1 aromatic heterocycles. The van der Waals surface area contributed by atoms with Crippen molar-refractivity contribution in [3.05, 3.63) is 115 Å². The molecule has 220 valence electrons. The van der Waals surface area contributed by atoms with E-state index in [1.54, 1.807) is 51.1 Å². The summed E-state index contributed by atoms with van der Waals surface area (Å²) in [6, 6.07) is 18.3. The second-order valence-electron chi connectivity index (χ2n) is 9.73. The van der Waals surface area contributed by atoms with Gasteiger partial charge in [0.1, 0.15) is 23.0 Å². The van der Waals surface area contributed by atoms with E-state index in [-0.39, 0.29) is 38.0 Å². The summed E-state index contributed by atoms with van der Waals surface area (Å²) in [5.74, 6) is -2.21. The van der Waals surface area contributed by atoms with Crippen molar-refractivity contribution in [2.24, 2.45) is 0 Å². The van der Waals surface area contributed by atoms with Crippen molar-refractivity contribution < 1.29 is 29.0 Å². The molecule has 0 saturated carbocycles. The molecule has 1 atom stereocenters. The van der Waals surface area contributed by atoms with E-state index in [1.807, 2.05) is 30.3 Å². The number of aliphatic hydroxyl groups is 1. The molecule has 43 heavy (non-hydrogen) atoms. The Labute approximate surface area is 262 Å². The Morgan fingerprint density at radius 2 is 1.77 bits per heavy atom. The lowest BCUT2D eigenvalue weighted by atomic mass is 9.94. The lowest BCUT2D eigenvalue weighted by Crippen LogP contribution is -2.29. The number of Topliss-reactive ketones (excluding diaryl/α,β-unsaturated/α-hetero) is 1. The van der Waals surface area contributed by atoms with Gasteiger partial charge in [-0.3, -0.25) is 14.5 Å². The summed E-state index contributed by atoms with van der Waals surface area (Å²) in [6.07, 6.45) is 0. The number of esters is 1. The SMILES string of the molecule is CCOC(=O)c1sc(N2C(=O)C(=O)C(=C(O)c3ccc(OCc4ccccc4)cc3C)[C@@H]2c2ccc(Cl)c(Cl)c2)nc1C. The number of aliphatic hydroxyl groups excluding tert-OH is 1. The number of rotatable bonds is 8.